The SMILES string of the molecule is C=CC(=O)NC1CN(C)CCN1C. The third kappa shape index (κ3) is 2.82. The standard InChI is InChI=1S/C9H17N3O/c1-4-9(13)10-8-7-11(2)5-6-12(8)3/h4,8H,1,5-7H2,2-3H3,(H,10,13). The van der Waals surface area contributed by atoms with Gasteiger partial charge in [0.05, 0.1) is 6.17 Å². The van der Waals surface area contributed by atoms with E-state index in [1.54, 1.807) is 0 Å². The molecule has 74 valence electrons. The second-order valence-corrected chi connectivity index (χ2v) is 3.47. The van der Waals surface area contributed by atoms with Crippen LogP contribution in [-0.4, -0.2) is 55.6 Å². The molecule has 0 spiro atoms. The highest BCUT2D eigenvalue weighted by atomic mass is 16.1. The zero-order valence-corrected chi connectivity index (χ0v) is 8.29. The first kappa shape index (κ1) is 10.2. The first-order valence-corrected chi connectivity index (χ1v) is 4.45. The van der Waals surface area contributed by atoms with Crippen LogP contribution in [0.5, 0.6) is 0 Å². The predicted molar refractivity (Wildman–Crippen MR) is 52.3 cm³/mol. The minimum atomic E-state index is -0.104. The van der Waals surface area contributed by atoms with Gasteiger partial charge >= 0.3 is 0 Å². The van der Waals surface area contributed by atoms with Crippen molar-refractivity contribution in [1.82, 2.24) is 15.1 Å². The average molecular weight is 183 g/mol. The van der Waals surface area contributed by atoms with Gasteiger partial charge in [-0.15, -0.1) is 0 Å². The van der Waals surface area contributed by atoms with Crippen molar-refractivity contribution in [2.45, 2.75) is 6.17 Å². The summed E-state index contributed by atoms with van der Waals surface area (Å²) in [5, 5.41) is 2.88. The molecule has 0 aromatic heterocycles. The van der Waals surface area contributed by atoms with Crippen molar-refractivity contribution in [2.75, 3.05) is 33.7 Å². The molecule has 1 aliphatic heterocycles. The first-order valence-electron chi connectivity index (χ1n) is 4.45. The Hall–Kier alpha value is -0.870. The van der Waals surface area contributed by atoms with Crippen molar-refractivity contribution in [3.8, 4) is 0 Å². The van der Waals surface area contributed by atoms with E-state index in [1.165, 1.54) is 6.08 Å². The summed E-state index contributed by atoms with van der Waals surface area (Å²) < 4.78 is 0. The second kappa shape index (κ2) is 4.39. The van der Waals surface area contributed by atoms with Gasteiger partial charge in [0, 0.05) is 19.6 Å². The number of piperazine rings is 1. The van der Waals surface area contributed by atoms with Crippen LogP contribution in [-0.2, 0) is 4.79 Å². The lowest BCUT2D eigenvalue weighted by atomic mass is 10.3. The summed E-state index contributed by atoms with van der Waals surface area (Å²) in [6, 6.07) is 0. The zero-order valence-electron chi connectivity index (χ0n) is 8.29. The largest absolute Gasteiger partial charge is 0.336 e. The van der Waals surface area contributed by atoms with Crippen molar-refractivity contribution in [3.63, 3.8) is 0 Å². The molecule has 0 radical (unpaired) electrons. The van der Waals surface area contributed by atoms with Crippen LogP contribution in [0.3, 0.4) is 0 Å². The number of likely N-dealkylation sites (N-methyl/N-ethyl adjacent to an activating group) is 2. The first-order chi connectivity index (χ1) is 6.13. The molecule has 0 bridgehead atoms. The Kier molecular flexibility index (Phi) is 3.45. The number of nitrogens with one attached hydrogen (secondary N) is 1. The molecule has 4 nitrogen and oxygen atoms in total. The summed E-state index contributed by atoms with van der Waals surface area (Å²) in [5.41, 5.74) is 0. The molecular formula is C9H17N3O. The van der Waals surface area contributed by atoms with Crippen LogP contribution in [0.25, 0.3) is 0 Å². The molecule has 1 fully saturated rings. The number of hydrogen-bond acceptors (Lipinski definition) is 3. The molecule has 1 rings (SSSR count). The summed E-state index contributed by atoms with van der Waals surface area (Å²) in [7, 11) is 4.07. The second-order valence-electron chi connectivity index (χ2n) is 3.47. The van der Waals surface area contributed by atoms with E-state index in [0.717, 1.165) is 19.6 Å². The fourth-order valence-corrected chi connectivity index (χ4v) is 1.39. The summed E-state index contributed by atoms with van der Waals surface area (Å²) in [5.74, 6) is -0.104. The van der Waals surface area contributed by atoms with Gasteiger partial charge in [-0.05, 0) is 20.2 Å². The molecule has 1 saturated heterocycles. The Morgan fingerprint density at radius 3 is 2.85 bits per heavy atom. The van der Waals surface area contributed by atoms with Crippen molar-refractivity contribution < 1.29 is 4.79 Å². The van der Waals surface area contributed by atoms with Crippen molar-refractivity contribution >= 4 is 5.91 Å². The maximum atomic E-state index is 11.1. The summed E-state index contributed by atoms with van der Waals surface area (Å²) >= 11 is 0. The van der Waals surface area contributed by atoms with Gasteiger partial charge < -0.3 is 10.2 Å². The Morgan fingerprint density at radius 1 is 1.54 bits per heavy atom. The number of rotatable bonds is 2. The number of hydrogen-bond donors (Lipinski definition) is 1. The van der Waals surface area contributed by atoms with E-state index in [1.807, 2.05) is 7.05 Å². The fraction of sp³-hybridized carbons (Fsp3) is 0.667. The molecule has 1 amide bonds. The lowest BCUT2D eigenvalue weighted by Gasteiger charge is -2.37. The van der Waals surface area contributed by atoms with Crippen LogP contribution in [0.2, 0.25) is 0 Å². The Morgan fingerprint density at radius 2 is 2.23 bits per heavy atom. The summed E-state index contributed by atoms with van der Waals surface area (Å²) in [4.78, 5) is 15.4. The molecular weight excluding hydrogens is 166 g/mol. The normalized spacial score (nSPS) is 25.5. The van der Waals surface area contributed by atoms with Crippen LogP contribution in [0.1, 0.15) is 0 Å². The maximum Gasteiger partial charge on any atom is 0.244 e. The molecule has 0 saturated carbocycles. The van der Waals surface area contributed by atoms with E-state index >= 15 is 0 Å². The lowest BCUT2D eigenvalue weighted by molar-refractivity contribution is -0.118. The highest BCUT2D eigenvalue weighted by Gasteiger charge is 2.22. The molecule has 1 aliphatic rings. The van der Waals surface area contributed by atoms with Gasteiger partial charge in [-0.25, -0.2) is 0 Å². The van der Waals surface area contributed by atoms with Crippen LogP contribution in [0.4, 0.5) is 0 Å². The summed E-state index contributed by atoms with van der Waals surface area (Å²) in [6.45, 7) is 6.33. The third-order valence-corrected chi connectivity index (χ3v) is 2.35. The predicted octanol–water partition coefficient (Wildman–Crippen LogP) is -0.508. The van der Waals surface area contributed by atoms with E-state index < -0.39 is 0 Å². The maximum absolute atomic E-state index is 11.1. The van der Waals surface area contributed by atoms with Crippen LogP contribution < -0.4 is 5.32 Å². The Bertz CT molecular complexity index is 205. The summed E-state index contributed by atoms with van der Waals surface area (Å²) in [6.07, 6.45) is 1.42. The number of carbonyl (C=O) groups is 1. The van der Waals surface area contributed by atoms with E-state index in [9.17, 15) is 4.79 Å². The van der Waals surface area contributed by atoms with Crippen molar-refractivity contribution in [2.24, 2.45) is 0 Å². The Labute approximate surface area is 79.2 Å². The molecule has 0 aliphatic carbocycles. The highest BCUT2D eigenvalue weighted by molar-refractivity contribution is 5.87. The fourth-order valence-electron chi connectivity index (χ4n) is 1.39. The monoisotopic (exact) mass is 183 g/mol. The molecule has 1 atom stereocenters. The topological polar surface area (TPSA) is 35.6 Å². The van der Waals surface area contributed by atoms with Crippen LogP contribution in [0.15, 0.2) is 12.7 Å². The third-order valence-electron chi connectivity index (χ3n) is 2.35. The van der Waals surface area contributed by atoms with Crippen LogP contribution in [0, 0.1) is 0 Å². The smallest absolute Gasteiger partial charge is 0.244 e. The average Bonchev–Trinajstić information content (AvgIpc) is 2.11. The minimum absolute atomic E-state index is 0.104. The van der Waals surface area contributed by atoms with E-state index in [4.69, 9.17) is 0 Å². The van der Waals surface area contributed by atoms with E-state index in [0.29, 0.717) is 0 Å². The highest BCUT2D eigenvalue weighted by Crippen LogP contribution is 2.02. The molecule has 13 heavy (non-hydrogen) atoms. The lowest BCUT2D eigenvalue weighted by Crippen LogP contribution is -2.57. The Balaban J connectivity index is 2.46. The van der Waals surface area contributed by atoms with Crippen molar-refractivity contribution in [1.29, 1.82) is 0 Å². The molecule has 4 heteroatoms. The van der Waals surface area contributed by atoms with Gasteiger partial charge in [0.1, 0.15) is 0 Å². The quantitative estimate of drug-likeness (QED) is 0.586. The zero-order chi connectivity index (χ0) is 9.84. The molecule has 1 heterocycles. The van der Waals surface area contributed by atoms with Crippen molar-refractivity contribution in [3.05, 3.63) is 12.7 Å². The van der Waals surface area contributed by atoms with Gasteiger partial charge in [0.25, 0.3) is 0 Å². The van der Waals surface area contributed by atoms with Gasteiger partial charge in [-0.3, -0.25) is 9.69 Å². The molecule has 0 aromatic carbocycles. The minimum Gasteiger partial charge on any atom is -0.336 e. The van der Waals surface area contributed by atoms with E-state index in [-0.39, 0.29) is 12.1 Å². The van der Waals surface area contributed by atoms with E-state index in [2.05, 4.69) is 28.7 Å². The van der Waals surface area contributed by atoms with Gasteiger partial charge in [0.15, 0.2) is 0 Å². The molecule has 0 aromatic rings. The molecule has 1 unspecified atom stereocenters. The number of nitrogens with zero attached hydrogens (tertiary/aromatic N) is 2. The van der Waals surface area contributed by atoms with Crippen LogP contribution >= 0.6 is 0 Å². The number of amides is 1. The van der Waals surface area contributed by atoms with Gasteiger partial charge in [-0.2, -0.15) is 0 Å². The van der Waals surface area contributed by atoms with Gasteiger partial charge in [0.2, 0.25) is 5.91 Å². The number of carbonyl (C=O) groups excluding carboxylic acids is 1. The molecule has 1 N–H and O–H groups in total. The van der Waals surface area contributed by atoms with Gasteiger partial charge in [-0.1, -0.05) is 6.58 Å².